The van der Waals surface area contributed by atoms with Crippen LogP contribution in [0.2, 0.25) is 0 Å². The quantitative estimate of drug-likeness (QED) is 0.701. The minimum Gasteiger partial charge on any atom is -0.331 e. The van der Waals surface area contributed by atoms with Crippen molar-refractivity contribution in [1.29, 1.82) is 0 Å². The molecule has 3 aromatic heterocycles. The highest BCUT2D eigenvalue weighted by Crippen LogP contribution is 2.35. The Labute approximate surface area is 143 Å². The first-order valence-electron chi connectivity index (χ1n) is 6.89. The molecule has 0 fully saturated rings. The molecule has 0 aliphatic heterocycles. The van der Waals surface area contributed by atoms with Crippen LogP contribution in [0.15, 0.2) is 37.3 Å². The number of anilines is 1. The lowest BCUT2D eigenvalue weighted by atomic mass is 10.2. The van der Waals surface area contributed by atoms with Gasteiger partial charge in [-0.05, 0) is 12.1 Å². The molecule has 130 valence electrons. The van der Waals surface area contributed by atoms with Gasteiger partial charge in [-0.1, -0.05) is 17.9 Å². The van der Waals surface area contributed by atoms with E-state index in [0.717, 1.165) is 28.3 Å². The van der Waals surface area contributed by atoms with E-state index in [-0.39, 0.29) is 17.0 Å². The Morgan fingerprint density at radius 1 is 1.32 bits per heavy atom. The number of halogens is 4. The molecule has 25 heavy (non-hydrogen) atoms. The van der Waals surface area contributed by atoms with Crippen molar-refractivity contribution in [3.05, 3.63) is 54.4 Å². The van der Waals surface area contributed by atoms with Crippen LogP contribution in [0, 0.1) is 5.82 Å². The first kappa shape index (κ1) is 17.1. The molecule has 0 atom stereocenters. The van der Waals surface area contributed by atoms with Crippen molar-refractivity contribution in [2.45, 2.75) is 6.18 Å². The van der Waals surface area contributed by atoms with Gasteiger partial charge in [-0.15, -0.1) is 0 Å². The molecule has 0 aliphatic rings. The summed E-state index contributed by atoms with van der Waals surface area (Å²) in [6.07, 6.45) is -0.619. The van der Waals surface area contributed by atoms with Gasteiger partial charge in [0.05, 0.1) is 16.8 Å². The standard InChI is InChI=1S/C15H11F4N5S/c1-8(9-3-4-20-6-10(9)16)22-14-21-7-12(25-14)11-5-13(15(17,18)19)23-24(11)2/h3-7H,1H2,2H3,(H,21,22). The summed E-state index contributed by atoms with van der Waals surface area (Å²) in [5, 5.41) is 6.67. The lowest BCUT2D eigenvalue weighted by Crippen LogP contribution is -2.06. The number of alkyl halides is 3. The summed E-state index contributed by atoms with van der Waals surface area (Å²) in [7, 11) is 1.42. The zero-order chi connectivity index (χ0) is 18.2. The molecule has 3 rings (SSSR count). The summed E-state index contributed by atoms with van der Waals surface area (Å²) < 4.78 is 53.1. The number of rotatable bonds is 4. The second-order valence-corrected chi connectivity index (χ2v) is 6.06. The van der Waals surface area contributed by atoms with Crippen molar-refractivity contribution in [3.63, 3.8) is 0 Å². The molecule has 0 amide bonds. The number of hydrogen-bond donors (Lipinski definition) is 1. The van der Waals surface area contributed by atoms with Crippen molar-refractivity contribution in [1.82, 2.24) is 19.7 Å². The van der Waals surface area contributed by atoms with Gasteiger partial charge in [-0.3, -0.25) is 9.67 Å². The van der Waals surface area contributed by atoms with Crippen LogP contribution in [-0.4, -0.2) is 19.7 Å². The highest BCUT2D eigenvalue weighted by Gasteiger charge is 2.34. The Bertz CT molecular complexity index is 928. The largest absolute Gasteiger partial charge is 0.435 e. The molecule has 0 radical (unpaired) electrons. The van der Waals surface area contributed by atoms with Crippen molar-refractivity contribution >= 4 is 22.2 Å². The summed E-state index contributed by atoms with van der Waals surface area (Å²) in [6.45, 7) is 3.74. The van der Waals surface area contributed by atoms with Gasteiger partial charge in [0.15, 0.2) is 16.6 Å². The van der Waals surface area contributed by atoms with Crippen LogP contribution in [0.25, 0.3) is 16.3 Å². The van der Waals surface area contributed by atoms with Crippen LogP contribution in [0.5, 0.6) is 0 Å². The molecule has 3 aromatic rings. The van der Waals surface area contributed by atoms with E-state index < -0.39 is 17.7 Å². The normalized spacial score (nSPS) is 11.6. The summed E-state index contributed by atoms with van der Waals surface area (Å²) in [5.74, 6) is -0.543. The second-order valence-electron chi connectivity index (χ2n) is 5.02. The van der Waals surface area contributed by atoms with Gasteiger partial charge in [0.25, 0.3) is 0 Å². The number of aryl methyl sites for hydroxylation is 1. The Morgan fingerprint density at radius 2 is 2.08 bits per heavy atom. The average Bonchev–Trinajstić information content (AvgIpc) is 3.13. The van der Waals surface area contributed by atoms with Gasteiger partial charge < -0.3 is 5.32 Å². The lowest BCUT2D eigenvalue weighted by Gasteiger charge is -2.07. The molecule has 10 heteroatoms. The van der Waals surface area contributed by atoms with Gasteiger partial charge in [-0.25, -0.2) is 9.37 Å². The molecule has 5 nitrogen and oxygen atoms in total. The second kappa shape index (κ2) is 6.28. The fourth-order valence-corrected chi connectivity index (χ4v) is 2.99. The van der Waals surface area contributed by atoms with Gasteiger partial charge in [0.1, 0.15) is 0 Å². The fourth-order valence-electron chi connectivity index (χ4n) is 2.10. The molecule has 0 saturated carbocycles. The molecular formula is C15H11F4N5S. The Balaban J connectivity index is 1.83. The molecule has 0 aromatic carbocycles. The van der Waals surface area contributed by atoms with E-state index in [4.69, 9.17) is 0 Å². The van der Waals surface area contributed by atoms with Crippen LogP contribution in [0.4, 0.5) is 22.7 Å². The average molecular weight is 369 g/mol. The van der Waals surface area contributed by atoms with Crippen LogP contribution < -0.4 is 5.32 Å². The third kappa shape index (κ3) is 3.53. The van der Waals surface area contributed by atoms with Gasteiger partial charge in [0, 0.05) is 30.7 Å². The number of aromatic nitrogens is 4. The minimum atomic E-state index is -4.52. The monoisotopic (exact) mass is 369 g/mol. The van der Waals surface area contributed by atoms with Crippen LogP contribution >= 0.6 is 11.3 Å². The van der Waals surface area contributed by atoms with Gasteiger partial charge in [0.2, 0.25) is 0 Å². The van der Waals surface area contributed by atoms with E-state index in [1.807, 2.05) is 0 Å². The van der Waals surface area contributed by atoms with E-state index in [2.05, 4.69) is 27.0 Å². The third-order valence-electron chi connectivity index (χ3n) is 3.28. The predicted octanol–water partition coefficient (Wildman–Crippen LogP) is 4.18. The van der Waals surface area contributed by atoms with Crippen molar-refractivity contribution in [2.24, 2.45) is 7.05 Å². The van der Waals surface area contributed by atoms with E-state index >= 15 is 0 Å². The first-order chi connectivity index (χ1) is 11.8. The van der Waals surface area contributed by atoms with Gasteiger partial charge >= 0.3 is 6.18 Å². The zero-order valence-corrected chi connectivity index (χ0v) is 13.6. The molecule has 0 bridgehead atoms. The van der Waals surface area contributed by atoms with Gasteiger partial charge in [-0.2, -0.15) is 18.3 Å². The zero-order valence-electron chi connectivity index (χ0n) is 12.8. The van der Waals surface area contributed by atoms with Crippen molar-refractivity contribution in [3.8, 4) is 10.6 Å². The highest BCUT2D eigenvalue weighted by atomic mass is 32.1. The first-order valence-corrected chi connectivity index (χ1v) is 7.70. The summed E-state index contributed by atoms with van der Waals surface area (Å²) >= 11 is 1.10. The maximum atomic E-state index is 13.7. The number of nitrogens with zero attached hydrogens (tertiary/aromatic N) is 4. The topological polar surface area (TPSA) is 55.6 Å². The molecule has 0 unspecified atom stereocenters. The van der Waals surface area contributed by atoms with E-state index in [1.54, 1.807) is 0 Å². The Kier molecular flexibility index (Phi) is 4.29. The maximum absolute atomic E-state index is 13.7. The summed E-state index contributed by atoms with van der Waals surface area (Å²) in [6, 6.07) is 2.41. The SMILES string of the molecule is C=C(Nc1ncc(-c2cc(C(F)(F)F)nn2C)s1)c1ccncc1F. The number of pyridine rings is 1. The molecule has 3 heterocycles. The lowest BCUT2D eigenvalue weighted by molar-refractivity contribution is -0.141. The molecular weight excluding hydrogens is 358 g/mol. The van der Waals surface area contributed by atoms with Crippen LogP contribution in [0.3, 0.4) is 0 Å². The Morgan fingerprint density at radius 3 is 2.72 bits per heavy atom. The molecule has 0 spiro atoms. The van der Waals surface area contributed by atoms with Crippen LogP contribution in [0.1, 0.15) is 11.3 Å². The predicted molar refractivity (Wildman–Crippen MR) is 86.2 cm³/mol. The minimum absolute atomic E-state index is 0.228. The fraction of sp³-hybridized carbons (Fsp3) is 0.133. The number of thiazole rings is 1. The molecule has 0 saturated heterocycles. The smallest absolute Gasteiger partial charge is 0.331 e. The number of hydrogen-bond acceptors (Lipinski definition) is 5. The van der Waals surface area contributed by atoms with E-state index in [1.165, 1.54) is 25.5 Å². The Hall–Kier alpha value is -2.75. The van der Waals surface area contributed by atoms with E-state index in [0.29, 0.717) is 10.0 Å². The third-order valence-corrected chi connectivity index (χ3v) is 4.22. The summed E-state index contributed by atoms with van der Waals surface area (Å²) in [4.78, 5) is 8.22. The van der Waals surface area contributed by atoms with Crippen molar-refractivity contribution < 1.29 is 17.6 Å². The summed E-state index contributed by atoms with van der Waals surface area (Å²) in [5.41, 5.74) is -0.205. The highest BCUT2D eigenvalue weighted by molar-refractivity contribution is 7.18. The van der Waals surface area contributed by atoms with Crippen LogP contribution in [-0.2, 0) is 13.2 Å². The molecule has 0 aliphatic carbocycles. The van der Waals surface area contributed by atoms with Crippen molar-refractivity contribution in [2.75, 3.05) is 5.32 Å². The maximum Gasteiger partial charge on any atom is 0.435 e. The molecule has 1 N–H and O–H groups in total. The number of nitrogens with one attached hydrogen (secondary N) is 1. The van der Waals surface area contributed by atoms with E-state index in [9.17, 15) is 17.6 Å².